The Hall–Kier alpha value is -4.90. The van der Waals surface area contributed by atoms with Crippen molar-refractivity contribution < 1.29 is 33.4 Å². The normalized spacial score (nSPS) is 14.7. The molecule has 0 radical (unpaired) electrons. The fourth-order valence-electron chi connectivity index (χ4n) is 6.03. The Bertz CT molecular complexity index is 1570. The number of benzene rings is 3. The molecule has 0 aromatic heterocycles. The van der Waals surface area contributed by atoms with Crippen LogP contribution in [0.1, 0.15) is 63.1 Å². The van der Waals surface area contributed by atoms with Crippen molar-refractivity contribution in [3.63, 3.8) is 0 Å². The van der Waals surface area contributed by atoms with Crippen LogP contribution in [-0.4, -0.2) is 91.9 Å². The van der Waals surface area contributed by atoms with Gasteiger partial charge in [0.2, 0.25) is 5.91 Å². The smallest absolute Gasteiger partial charge is 0.407 e. The third-order valence-corrected chi connectivity index (χ3v) is 8.82. The number of hydrogen-bond donors (Lipinski definition) is 2. The number of nitrogens with one attached hydrogen (secondary N) is 2. The summed E-state index contributed by atoms with van der Waals surface area (Å²) in [6, 6.07) is 25.7. The molecule has 0 spiro atoms. The highest BCUT2D eigenvalue weighted by atomic mass is 16.6. The summed E-state index contributed by atoms with van der Waals surface area (Å²) in [5.74, 6) is -0.492. The van der Waals surface area contributed by atoms with Crippen LogP contribution in [0.25, 0.3) is 11.1 Å². The van der Waals surface area contributed by atoms with Crippen LogP contribution in [0.2, 0.25) is 0 Å². The molecule has 2 N–H and O–H groups in total. The van der Waals surface area contributed by atoms with E-state index in [9.17, 15) is 19.2 Å². The SMILES string of the molecule is COC(=O)[C@H]1CN(CCCNC(=O)OC(C)(C)C)CCN1C(=O)CCc1ccc(-c2ccc(CCCCNC(=O)OCc3ccccc3)cc2)cc1. The fourth-order valence-corrected chi connectivity index (χ4v) is 6.03. The van der Waals surface area contributed by atoms with Crippen LogP contribution in [0.5, 0.6) is 0 Å². The molecule has 3 amide bonds. The van der Waals surface area contributed by atoms with Crippen LogP contribution in [0.4, 0.5) is 9.59 Å². The molecular weight excluding hydrogens is 660 g/mol. The second kappa shape index (κ2) is 20.2. The number of carbonyl (C=O) groups excluding carboxylic acids is 4. The predicted octanol–water partition coefficient (Wildman–Crippen LogP) is 6.14. The number of hydrogen-bond acceptors (Lipinski definition) is 8. The minimum atomic E-state index is -0.666. The molecular formula is C41H54N4O7. The van der Waals surface area contributed by atoms with Gasteiger partial charge in [0, 0.05) is 39.1 Å². The number of aryl methyl sites for hydroxylation is 2. The molecule has 3 aromatic carbocycles. The number of alkyl carbamates (subject to hydrolysis) is 2. The van der Waals surface area contributed by atoms with Crippen molar-refractivity contribution in [2.75, 3.05) is 46.4 Å². The quantitative estimate of drug-likeness (QED) is 0.103. The Morgan fingerprint density at radius 2 is 1.35 bits per heavy atom. The van der Waals surface area contributed by atoms with Crippen molar-refractivity contribution in [2.45, 2.75) is 77.5 Å². The average Bonchev–Trinajstić information content (AvgIpc) is 3.14. The largest absolute Gasteiger partial charge is 0.467 e. The van der Waals surface area contributed by atoms with Crippen LogP contribution in [0.15, 0.2) is 78.9 Å². The van der Waals surface area contributed by atoms with Crippen molar-refractivity contribution in [3.8, 4) is 11.1 Å². The number of nitrogens with zero attached hydrogens (tertiary/aromatic N) is 2. The summed E-state index contributed by atoms with van der Waals surface area (Å²) in [5, 5.41) is 5.58. The van der Waals surface area contributed by atoms with E-state index < -0.39 is 29.8 Å². The molecule has 1 saturated heterocycles. The monoisotopic (exact) mass is 714 g/mol. The molecule has 1 heterocycles. The first-order valence-electron chi connectivity index (χ1n) is 18.2. The van der Waals surface area contributed by atoms with Gasteiger partial charge >= 0.3 is 18.2 Å². The Kier molecular flexibility index (Phi) is 15.5. The van der Waals surface area contributed by atoms with Gasteiger partial charge < -0.3 is 29.7 Å². The first-order chi connectivity index (χ1) is 25.0. The summed E-state index contributed by atoms with van der Waals surface area (Å²) in [4.78, 5) is 53.6. The van der Waals surface area contributed by atoms with Gasteiger partial charge in [-0.1, -0.05) is 78.9 Å². The molecule has 1 fully saturated rings. The van der Waals surface area contributed by atoms with Gasteiger partial charge in [-0.05, 0) is 87.2 Å². The maximum atomic E-state index is 13.3. The van der Waals surface area contributed by atoms with Gasteiger partial charge in [0.1, 0.15) is 18.2 Å². The summed E-state index contributed by atoms with van der Waals surface area (Å²) in [6.07, 6.45) is 3.46. The van der Waals surface area contributed by atoms with Crippen LogP contribution >= 0.6 is 0 Å². The summed E-state index contributed by atoms with van der Waals surface area (Å²) < 4.78 is 15.6. The fraction of sp³-hybridized carbons (Fsp3) is 0.463. The average molecular weight is 715 g/mol. The number of methoxy groups -OCH3 is 1. The number of rotatable bonds is 16. The number of carbonyl (C=O) groups is 4. The molecule has 1 aliphatic rings. The van der Waals surface area contributed by atoms with E-state index in [1.54, 1.807) is 4.90 Å². The lowest BCUT2D eigenvalue weighted by atomic mass is 9.99. The molecule has 280 valence electrons. The van der Waals surface area contributed by atoms with E-state index in [1.807, 2.05) is 51.1 Å². The maximum Gasteiger partial charge on any atom is 0.407 e. The number of amides is 3. The van der Waals surface area contributed by atoms with Gasteiger partial charge in [-0.3, -0.25) is 9.69 Å². The first-order valence-corrected chi connectivity index (χ1v) is 18.2. The zero-order chi connectivity index (χ0) is 37.3. The zero-order valence-corrected chi connectivity index (χ0v) is 31.0. The molecule has 11 nitrogen and oxygen atoms in total. The highest BCUT2D eigenvalue weighted by Crippen LogP contribution is 2.22. The van der Waals surface area contributed by atoms with Crippen molar-refractivity contribution in [3.05, 3.63) is 95.6 Å². The van der Waals surface area contributed by atoms with Crippen LogP contribution in [-0.2, 0) is 43.2 Å². The highest BCUT2D eigenvalue weighted by Gasteiger charge is 2.35. The molecule has 0 bridgehead atoms. The highest BCUT2D eigenvalue weighted by molar-refractivity contribution is 5.85. The van der Waals surface area contributed by atoms with E-state index in [2.05, 4.69) is 64.1 Å². The van der Waals surface area contributed by atoms with Crippen molar-refractivity contribution in [1.82, 2.24) is 20.4 Å². The molecule has 3 aromatic rings. The van der Waals surface area contributed by atoms with E-state index in [0.717, 1.165) is 41.5 Å². The minimum absolute atomic E-state index is 0.0694. The summed E-state index contributed by atoms with van der Waals surface area (Å²) in [5.41, 5.74) is 4.92. The number of ether oxygens (including phenoxy) is 3. The molecule has 11 heteroatoms. The molecule has 0 saturated carbocycles. The third-order valence-electron chi connectivity index (χ3n) is 8.82. The number of esters is 1. The topological polar surface area (TPSA) is 127 Å². The predicted molar refractivity (Wildman–Crippen MR) is 201 cm³/mol. The van der Waals surface area contributed by atoms with Gasteiger partial charge in [-0.2, -0.15) is 0 Å². The molecule has 0 aliphatic carbocycles. The van der Waals surface area contributed by atoms with Gasteiger partial charge in [-0.15, -0.1) is 0 Å². The van der Waals surface area contributed by atoms with E-state index in [0.29, 0.717) is 58.5 Å². The Morgan fingerprint density at radius 3 is 1.98 bits per heavy atom. The number of unbranched alkanes of at least 4 members (excludes halogenated alkanes) is 1. The van der Waals surface area contributed by atoms with E-state index >= 15 is 0 Å². The van der Waals surface area contributed by atoms with Crippen molar-refractivity contribution in [1.29, 1.82) is 0 Å². The second-order valence-corrected chi connectivity index (χ2v) is 14.0. The van der Waals surface area contributed by atoms with Gasteiger partial charge in [0.15, 0.2) is 0 Å². The Morgan fingerprint density at radius 1 is 0.731 bits per heavy atom. The van der Waals surface area contributed by atoms with Gasteiger partial charge in [-0.25, -0.2) is 14.4 Å². The molecule has 0 unspecified atom stereocenters. The van der Waals surface area contributed by atoms with Crippen LogP contribution in [0, 0.1) is 0 Å². The molecule has 52 heavy (non-hydrogen) atoms. The van der Waals surface area contributed by atoms with Crippen molar-refractivity contribution >= 4 is 24.1 Å². The van der Waals surface area contributed by atoms with Crippen LogP contribution < -0.4 is 10.6 Å². The lowest BCUT2D eigenvalue weighted by Gasteiger charge is -2.40. The van der Waals surface area contributed by atoms with E-state index in [-0.39, 0.29) is 12.5 Å². The summed E-state index contributed by atoms with van der Waals surface area (Å²) >= 11 is 0. The Labute approximate surface area is 308 Å². The summed E-state index contributed by atoms with van der Waals surface area (Å²) in [6.45, 7) is 8.89. The maximum absolute atomic E-state index is 13.3. The first kappa shape index (κ1) is 39.9. The minimum Gasteiger partial charge on any atom is -0.467 e. The lowest BCUT2D eigenvalue weighted by Crippen LogP contribution is -2.58. The second-order valence-electron chi connectivity index (χ2n) is 14.0. The zero-order valence-electron chi connectivity index (χ0n) is 31.0. The van der Waals surface area contributed by atoms with E-state index in [4.69, 9.17) is 14.2 Å². The van der Waals surface area contributed by atoms with Gasteiger partial charge in [0.05, 0.1) is 7.11 Å². The lowest BCUT2D eigenvalue weighted by molar-refractivity contribution is -0.156. The summed E-state index contributed by atoms with van der Waals surface area (Å²) in [7, 11) is 1.35. The molecule has 1 atom stereocenters. The Balaban J connectivity index is 1.15. The van der Waals surface area contributed by atoms with Crippen molar-refractivity contribution in [2.24, 2.45) is 0 Å². The van der Waals surface area contributed by atoms with Gasteiger partial charge in [0.25, 0.3) is 0 Å². The van der Waals surface area contributed by atoms with Crippen LogP contribution in [0.3, 0.4) is 0 Å². The van der Waals surface area contributed by atoms with E-state index in [1.165, 1.54) is 12.7 Å². The standard InChI is InChI=1S/C41H54N4O7/c1-41(2,3)52-40(49)43-25-10-26-44-27-28-45(36(29-44)38(47)50-4)37(46)23-18-32-16-21-35(22-17-32)34-19-14-31(15-20-34)11-8-9-24-42-39(48)51-30-33-12-6-5-7-13-33/h5-7,12-17,19-22,36H,8-11,18,23-30H2,1-4H3,(H,42,48)(H,43,49)/t36-/m1/s1. The molecule has 4 rings (SSSR count). The third kappa shape index (κ3) is 13.7. The number of piperazine rings is 1. The molecule has 1 aliphatic heterocycles.